The number of carbonyl (C=O) groups is 2. The molecule has 164 valence electrons. The quantitative estimate of drug-likeness (QED) is 0.789. The molecule has 2 amide bonds. The van der Waals surface area contributed by atoms with Crippen LogP contribution < -0.4 is 5.32 Å². The minimum absolute atomic E-state index is 0.164. The first-order valence-corrected chi connectivity index (χ1v) is 10.8. The molecule has 2 fully saturated rings. The number of morpholine rings is 1. The average molecular weight is 424 g/mol. The molecule has 2 aromatic heterocycles. The molecule has 2 aromatic rings. The molecule has 8 nitrogen and oxygen atoms in total. The van der Waals surface area contributed by atoms with Crippen molar-refractivity contribution in [1.82, 2.24) is 25.1 Å². The van der Waals surface area contributed by atoms with E-state index in [4.69, 9.17) is 4.74 Å². The van der Waals surface area contributed by atoms with Gasteiger partial charge in [0.15, 0.2) is 0 Å². The lowest BCUT2D eigenvalue weighted by Gasteiger charge is -2.34. The van der Waals surface area contributed by atoms with Crippen LogP contribution in [0, 0.1) is 6.92 Å². The molecule has 8 heteroatoms. The van der Waals surface area contributed by atoms with Crippen LogP contribution in [0.1, 0.15) is 40.8 Å². The van der Waals surface area contributed by atoms with Crippen molar-refractivity contribution in [2.75, 3.05) is 46.4 Å². The smallest absolute Gasteiger partial charge is 0.269 e. The number of pyridine rings is 2. The molecule has 0 unspecified atom stereocenters. The summed E-state index contributed by atoms with van der Waals surface area (Å²) in [5.74, 6) is -0.0514. The molecule has 0 aromatic carbocycles. The van der Waals surface area contributed by atoms with Crippen molar-refractivity contribution in [3.63, 3.8) is 0 Å². The normalized spacial score (nSPS) is 19.4. The monoisotopic (exact) mass is 423 g/mol. The molecular weight excluding hydrogens is 394 g/mol. The van der Waals surface area contributed by atoms with Crippen LogP contribution in [-0.4, -0.2) is 78.0 Å². The minimum atomic E-state index is -0.256. The summed E-state index contributed by atoms with van der Waals surface area (Å²) in [5, 5.41) is 2.57. The second-order valence-electron chi connectivity index (χ2n) is 8.12. The molecule has 4 rings (SSSR count). The Kier molecular flexibility index (Phi) is 6.58. The van der Waals surface area contributed by atoms with E-state index in [-0.39, 0.29) is 17.9 Å². The van der Waals surface area contributed by atoms with Crippen molar-refractivity contribution in [2.24, 2.45) is 0 Å². The second-order valence-corrected chi connectivity index (χ2v) is 8.12. The summed E-state index contributed by atoms with van der Waals surface area (Å²) in [7, 11) is 1.58. The fourth-order valence-electron chi connectivity index (χ4n) is 4.14. The van der Waals surface area contributed by atoms with Crippen LogP contribution in [0.4, 0.5) is 0 Å². The van der Waals surface area contributed by atoms with Gasteiger partial charge in [-0.05, 0) is 56.6 Å². The van der Waals surface area contributed by atoms with Crippen molar-refractivity contribution < 1.29 is 14.3 Å². The Hall–Kier alpha value is -2.84. The van der Waals surface area contributed by atoms with E-state index in [1.807, 2.05) is 30.0 Å². The summed E-state index contributed by atoms with van der Waals surface area (Å²) < 4.78 is 5.99. The van der Waals surface area contributed by atoms with Gasteiger partial charge >= 0.3 is 0 Å². The molecule has 2 aliphatic rings. The van der Waals surface area contributed by atoms with Crippen LogP contribution in [0.5, 0.6) is 0 Å². The predicted molar refractivity (Wildman–Crippen MR) is 117 cm³/mol. The highest BCUT2D eigenvalue weighted by Gasteiger charge is 2.28. The Morgan fingerprint density at radius 3 is 2.68 bits per heavy atom. The lowest BCUT2D eigenvalue weighted by atomic mass is 10.0. The zero-order valence-corrected chi connectivity index (χ0v) is 18.1. The van der Waals surface area contributed by atoms with E-state index in [0.717, 1.165) is 35.6 Å². The Morgan fingerprint density at radius 1 is 1.16 bits per heavy atom. The van der Waals surface area contributed by atoms with Gasteiger partial charge in [0.05, 0.1) is 25.4 Å². The van der Waals surface area contributed by atoms with E-state index >= 15 is 0 Å². The third kappa shape index (κ3) is 5.08. The van der Waals surface area contributed by atoms with Crippen molar-refractivity contribution in [1.29, 1.82) is 0 Å². The molecule has 0 spiro atoms. The molecule has 1 N–H and O–H groups in total. The van der Waals surface area contributed by atoms with E-state index < -0.39 is 0 Å². The average Bonchev–Trinajstić information content (AvgIpc) is 3.31. The summed E-state index contributed by atoms with van der Waals surface area (Å²) in [4.78, 5) is 37.6. The van der Waals surface area contributed by atoms with Crippen molar-refractivity contribution in [3.8, 4) is 11.1 Å². The third-order valence-corrected chi connectivity index (χ3v) is 5.84. The van der Waals surface area contributed by atoms with Crippen LogP contribution in [0.25, 0.3) is 11.1 Å². The maximum absolute atomic E-state index is 12.8. The summed E-state index contributed by atoms with van der Waals surface area (Å²) >= 11 is 0. The standard InChI is InChI=1S/C23H29N5O3/c1-16-11-18(17-5-6-19(25-13-17)23(30)24-2)12-20(26-16)21-14-28(9-10-31-21)22(29)15-27-7-3-4-8-27/h5-6,11-13,21H,3-4,7-10,14-15H2,1-2H3,(H,24,30)/t21-/m0/s1. The number of aromatic nitrogens is 2. The summed E-state index contributed by atoms with van der Waals surface area (Å²) in [5.41, 5.74) is 3.91. The zero-order valence-electron chi connectivity index (χ0n) is 18.1. The molecular formula is C23H29N5O3. The van der Waals surface area contributed by atoms with Gasteiger partial charge in [0.1, 0.15) is 11.8 Å². The first kappa shape index (κ1) is 21.4. The van der Waals surface area contributed by atoms with Gasteiger partial charge in [-0.3, -0.25) is 24.5 Å². The molecule has 4 heterocycles. The molecule has 31 heavy (non-hydrogen) atoms. The second kappa shape index (κ2) is 9.53. The van der Waals surface area contributed by atoms with Gasteiger partial charge in [0, 0.05) is 31.0 Å². The van der Waals surface area contributed by atoms with E-state index in [9.17, 15) is 9.59 Å². The number of amides is 2. The summed E-state index contributed by atoms with van der Waals surface area (Å²) in [6.45, 7) is 6.08. The number of rotatable bonds is 5. The molecule has 2 aliphatic heterocycles. The molecule has 0 bridgehead atoms. The number of carbonyl (C=O) groups excluding carboxylic acids is 2. The molecule has 0 saturated carbocycles. The minimum Gasteiger partial charge on any atom is -0.368 e. The van der Waals surface area contributed by atoms with Crippen LogP contribution in [-0.2, 0) is 9.53 Å². The number of nitrogens with zero attached hydrogens (tertiary/aromatic N) is 4. The summed E-state index contributed by atoms with van der Waals surface area (Å²) in [6.07, 6.45) is 3.78. The fourth-order valence-corrected chi connectivity index (χ4v) is 4.14. The van der Waals surface area contributed by atoms with Gasteiger partial charge in [-0.1, -0.05) is 6.07 Å². The fraction of sp³-hybridized carbons (Fsp3) is 0.478. The molecule has 1 atom stereocenters. The van der Waals surface area contributed by atoms with Crippen LogP contribution in [0.2, 0.25) is 0 Å². The Bertz CT molecular complexity index is 941. The summed E-state index contributed by atoms with van der Waals surface area (Å²) in [6, 6.07) is 7.56. The first-order chi connectivity index (χ1) is 15.0. The zero-order chi connectivity index (χ0) is 21.8. The molecule has 2 saturated heterocycles. The Balaban J connectivity index is 1.49. The van der Waals surface area contributed by atoms with E-state index in [2.05, 4.69) is 20.2 Å². The number of likely N-dealkylation sites (tertiary alicyclic amines) is 1. The van der Waals surface area contributed by atoms with E-state index in [0.29, 0.717) is 31.9 Å². The van der Waals surface area contributed by atoms with Gasteiger partial charge in [0.2, 0.25) is 5.91 Å². The van der Waals surface area contributed by atoms with Crippen LogP contribution in [0.15, 0.2) is 30.5 Å². The van der Waals surface area contributed by atoms with Gasteiger partial charge in [0.25, 0.3) is 5.91 Å². The first-order valence-electron chi connectivity index (χ1n) is 10.8. The van der Waals surface area contributed by atoms with Gasteiger partial charge in [-0.25, -0.2) is 0 Å². The van der Waals surface area contributed by atoms with Gasteiger partial charge < -0.3 is 15.0 Å². The number of hydrogen-bond donors (Lipinski definition) is 1. The van der Waals surface area contributed by atoms with Crippen molar-refractivity contribution >= 4 is 11.8 Å². The highest BCUT2D eigenvalue weighted by atomic mass is 16.5. The highest BCUT2D eigenvalue weighted by molar-refractivity contribution is 5.92. The van der Waals surface area contributed by atoms with Crippen LogP contribution >= 0.6 is 0 Å². The predicted octanol–water partition coefficient (Wildman–Crippen LogP) is 1.81. The van der Waals surface area contributed by atoms with Gasteiger partial charge in [-0.15, -0.1) is 0 Å². The van der Waals surface area contributed by atoms with Crippen molar-refractivity contribution in [3.05, 3.63) is 47.5 Å². The van der Waals surface area contributed by atoms with E-state index in [1.165, 1.54) is 12.8 Å². The Morgan fingerprint density at radius 2 is 1.97 bits per heavy atom. The largest absolute Gasteiger partial charge is 0.368 e. The number of hydrogen-bond acceptors (Lipinski definition) is 6. The number of nitrogens with one attached hydrogen (secondary N) is 1. The lowest BCUT2D eigenvalue weighted by molar-refractivity contribution is -0.140. The van der Waals surface area contributed by atoms with E-state index in [1.54, 1.807) is 19.3 Å². The number of ether oxygens (including phenoxy) is 1. The molecule has 0 aliphatic carbocycles. The maximum atomic E-state index is 12.8. The Labute approximate surface area is 182 Å². The molecule has 0 radical (unpaired) electrons. The third-order valence-electron chi connectivity index (χ3n) is 5.84. The maximum Gasteiger partial charge on any atom is 0.269 e. The van der Waals surface area contributed by atoms with Gasteiger partial charge in [-0.2, -0.15) is 0 Å². The highest BCUT2D eigenvalue weighted by Crippen LogP contribution is 2.27. The SMILES string of the molecule is CNC(=O)c1ccc(-c2cc(C)nc([C@@H]3CN(C(=O)CN4CCCC4)CCO3)c2)cn1. The van der Waals surface area contributed by atoms with Crippen LogP contribution in [0.3, 0.4) is 0 Å². The lowest BCUT2D eigenvalue weighted by Crippen LogP contribution is -2.46. The number of aryl methyl sites for hydroxylation is 1. The van der Waals surface area contributed by atoms with Crippen molar-refractivity contribution in [2.45, 2.75) is 25.9 Å². The topological polar surface area (TPSA) is 87.7 Å².